The van der Waals surface area contributed by atoms with Gasteiger partial charge in [0.2, 0.25) is 0 Å². The first-order valence-corrected chi connectivity index (χ1v) is 14.6. The fourth-order valence-corrected chi connectivity index (χ4v) is 5.19. The molecular formula is C33H41ClO5. The second-order valence-electron chi connectivity index (χ2n) is 10.1. The zero-order chi connectivity index (χ0) is 27.5. The number of benzene rings is 3. The first kappa shape index (κ1) is 29.4. The third-order valence-electron chi connectivity index (χ3n) is 7.05. The number of hydrogen-bond acceptors (Lipinski definition) is 5. The lowest BCUT2D eigenvalue weighted by Gasteiger charge is -2.35. The Kier molecular flexibility index (Phi) is 11.5. The molecule has 1 heterocycles. The minimum absolute atomic E-state index is 0.0423. The Morgan fingerprint density at radius 1 is 0.923 bits per heavy atom. The highest BCUT2D eigenvalue weighted by Crippen LogP contribution is 2.40. The number of aliphatic hydroxyl groups is 1. The van der Waals surface area contributed by atoms with Crippen molar-refractivity contribution in [2.75, 3.05) is 19.8 Å². The van der Waals surface area contributed by atoms with Gasteiger partial charge in [-0.25, -0.2) is 0 Å². The van der Waals surface area contributed by atoms with Gasteiger partial charge in [-0.05, 0) is 60.7 Å². The van der Waals surface area contributed by atoms with E-state index in [9.17, 15) is 5.11 Å². The van der Waals surface area contributed by atoms with Crippen molar-refractivity contribution in [1.29, 1.82) is 0 Å². The van der Waals surface area contributed by atoms with Crippen molar-refractivity contribution in [2.24, 2.45) is 0 Å². The molecule has 210 valence electrons. The first-order valence-electron chi connectivity index (χ1n) is 14.2. The highest BCUT2D eigenvalue weighted by molar-refractivity contribution is 6.31. The van der Waals surface area contributed by atoms with E-state index in [2.05, 4.69) is 37.3 Å². The van der Waals surface area contributed by atoms with Crippen LogP contribution in [-0.4, -0.2) is 37.1 Å². The zero-order valence-electron chi connectivity index (χ0n) is 23.1. The lowest BCUT2D eigenvalue weighted by molar-refractivity contribution is -0.133. The van der Waals surface area contributed by atoms with Gasteiger partial charge in [0.05, 0.1) is 44.7 Å². The van der Waals surface area contributed by atoms with E-state index in [0.29, 0.717) is 44.1 Å². The molecule has 4 rings (SSSR count). The van der Waals surface area contributed by atoms with Crippen molar-refractivity contribution in [3.63, 3.8) is 0 Å². The summed E-state index contributed by atoms with van der Waals surface area (Å²) in [4.78, 5) is 0. The van der Waals surface area contributed by atoms with Crippen LogP contribution in [0.1, 0.15) is 74.3 Å². The van der Waals surface area contributed by atoms with Gasteiger partial charge in [0.15, 0.2) is 0 Å². The summed E-state index contributed by atoms with van der Waals surface area (Å²) in [6, 6.07) is 22.3. The third kappa shape index (κ3) is 8.71. The van der Waals surface area contributed by atoms with E-state index in [1.54, 1.807) is 0 Å². The fourth-order valence-electron chi connectivity index (χ4n) is 4.97. The molecule has 0 spiro atoms. The van der Waals surface area contributed by atoms with E-state index in [1.165, 1.54) is 0 Å². The summed E-state index contributed by atoms with van der Waals surface area (Å²) in [5, 5.41) is 10.7. The van der Waals surface area contributed by atoms with Crippen LogP contribution in [0.4, 0.5) is 0 Å². The molecule has 39 heavy (non-hydrogen) atoms. The normalized spacial score (nSPS) is 19.1. The van der Waals surface area contributed by atoms with Gasteiger partial charge in [0, 0.05) is 23.4 Å². The molecule has 5 nitrogen and oxygen atoms in total. The van der Waals surface area contributed by atoms with Gasteiger partial charge in [-0.1, -0.05) is 73.8 Å². The molecular weight excluding hydrogens is 512 g/mol. The molecule has 6 heteroatoms. The van der Waals surface area contributed by atoms with Gasteiger partial charge >= 0.3 is 0 Å². The Balaban J connectivity index is 1.57. The van der Waals surface area contributed by atoms with Crippen LogP contribution in [0.25, 0.3) is 0 Å². The smallest absolute Gasteiger partial charge is 0.126 e. The maximum Gasteiger partial charge on any atom is 0.126 e. The van der Waals surface area contributed by atoms with Gasteiger partial charge in [-0.2, -0.15) is 0 Å². The van der Waals surface area contributed by atoms with Gasteiger partial charge in [-0.3, -0.25) is 0 Å². The average molecular weight is 553 g/mol. The molecule has 0 amide bonds. The summed E-state index contributed by atoms with van der Waals surface area (Å²) in [5.74, 6) is 1.60. The molecule has 3 unspecified atom stereocenters. The van der Waals surface area contributed by atoms with Gasteiger partial charge in [-0.15, -0.1) is 0 Å². The lowest BCUT2D eigenvalue weighted by atomic mass is 9.93. The molecule has 0 bridgehead atoms. The molecule has 1 aliphatic heterocycles. The molecule has 0 saturated carbocycles. The molecule has 1 saturated heterocycles. The van der Waals surface area contributed by atoms with Crippen LogP contribution in [0.3, 0.4) is 0 Å². The fraction of sp³-hybridized carbons (Fsp3) is 0.455. The highest BCUT2D eigenvalue weighted by atomic mass is 35.5. The van der Waals surface area contributed by atoms with Crippen LogP contribution in [0.15, 0.2) is 66.7 Å². The van der Waals surface area contributed by atoms with Gasteiger partial charge in [0.25, 0.3) is 0 Å². The van der Waals surface area contributed by atoms with E-state index >= 15 is 0 Å². The monoisotopic (exact) mass is 552 g/mol. The topological polar surface area (TPSA) is 57.2 Å². The lowest BCUT2D eigenvalue weighted by Crippen LogP contribution is -2.35. The molecule has 3 aromatic carbocycles. The van der Waals surface area contributed by atoms with Crippen molar-refractivity contribution in [3.8, 4) is 11.5 Å². The van der Waals surface area contributed by atoms with Crippen LogP contribution < -0.4 is 9.47 Å². The molecule has 0 aliphatic carbocycles. The minimum atomic E-state index is -0.303. The Morgan fingerprint density at radius 3 is 2.44 bits per heavy atom. The third-order valence-corrected chi connectivity index (χ3v) is 7.40. The van der Waals surface area contributed by atoms with Crippen LogP contribution in [0.2, 0.25) is 5.02 Å². The van der Waals surface area contributed by atoms with Crippen LogP contribution >= 0.6 is 11.6 Å². The summed E-state index contributed by atoms with van der Waals surface area (Å²) in [6.45, 7) is 5.90. The summed E-state index contributed by atoms with van der Waals surface area (Å²) < 4.78 is 24.6. The van der Waals surface area contributed by atoms with Crippen molar-refractivity contribution in [2.45, 2.75) is 77.3 Å². The largest absolute Gasteiger partial charge is 0.494 e. The molecule has 0 aromatic heterocycles. The van der Waals surface area contributed by atoms with Crippen LogP contribution in [0, 0.1) is 0 Å². The molecule has 3 atom stereocenters. The maximum atomic E-state index is 10.0. The Labute approximate surface area is 238 Å². The van der Waals surface area contributed by atoms with E-state index in [1.807, 2.05) is 43.3 Å². The molecule has 1 N–H and O–H groups in total. The number of ether oxygens (including phenoxy) is 4. The second kappa shape index (κ2) is 15.3. The SMILES string of the molecule is CCCCCOc1cc(Cl)c(Cc2ccc(OCC)cc2)cc1C1CC(OCc2ccccc2)CC(CO)O1. The number of unbranched alkanes of at least 4 members (excludes halogenated alkanes) is 2. The Hall–Kier alpha value is -2.57. The van der Waals surface area contributed by atoms with Crippen molar-refractivity contribution >= 4 is 11.6 Å². The van der Waals surface area contributed by atoms with Crippen molar-refractivity contribution < 1.29 is 24.1 Å². The average Bonchev–Trinajstić information content (AvgIpc) is 2.97. The zero-order valence-corrected chi connectivity index (χ0v) is 23.9. The minimum Gasteiger partial charge on any atom is -0.494 e. The number of halogens is 1. The van der Waals surface area contributed by atoms with E-state index in [-0.39, 0.29) is 24.9 Å². The summed E-state index contributed by atoms with van der Waals surface area (Å²) in [6.07, 6.45) is 4.62. The van der Waals surface area contributed by atoms with Crippen LogP contribution in [-0.2, 0) is 22.5 Å². The summed E-state index contributed by atoms with van der Waals surface area (Å²) >= 11 is 6.80. The number of aliphatic hydroxyl groups excluding tert-OH is 1. The van der Waals surface area contributed by atoms with Crippen LogP contribution in [0.5, 0.6) is 11.5 Å². The quantitative estimate of drug-likeness (QED) is 0.208. The first-order chi connectivity index (χ1) is 19.1. The van der Waals surface area contributed by atoms with E-state index < -0.39 is 0 Å². The van der Waals surface area contributed by atoms with Crippen molar-refractivity contribution in [1.82, 2.24) is 0 Å². The van der Waals surface area contributed by atoms with Crippen molar-refractivity contribution in [3.05, 3.63) is 94.0 Å². The highest BCUT2D eigenvalue weighted by Gasteiger charge is 2.33. The predicted molar refractivity (Wildman–Crippen MR) is 156 cm³/mol. The molecule has 3 aromatic rings. The predicted octanol–water partition coefficient (Wildman–Crippen LogP) is 7.70. The summed E-state index contributed by atoms with van der Waals surface area (Å²) in [7, 11) is 0. The van der Waals surface area contributed by atoms with E-state index in [0.717, 1.165) is 53.0 Å². The standard InChI is InChI=1S/C33H41ClO5/c1-3-5-9-16-37-32-21-31(34)26(17-24-12-14-27(15-13-24)36-4-2)18-30(32)33-20-28(19-29(22-35)39-33)38-23-25-10-7-6-8-11-25/h6-8,10-15,18,21,28-29,33,35H,3-5,9,16-17,19-20,22-23H2,1-2H3. The molecule has 1 fully saturated rings. The molecule has 1 aliphatic rings. The number of rotatable bonds is 14. The Morgan fingerprint density at radius 2 is 1.72 bits per heavy atom. The van der Waals surface area contributed by atoms with Gasteiger partial charge in [0.1, 0.15) is 11.5 Å². The number of hydrogen-bond donors (Lipinski definition) is 1. The molecule has 0 radical (unpaired) electrons. The Bertz CT molecular complexity index is 1130. The maximum absolute atomic E-state index is 10.0. The van der Waals surface area contributed by atoms with Gasteiger partial charge < -0.3 is 24.1 Å². The van der Waals surface area contributed by atoms with E-state index in [4.69, 9.17) is 30.5 Å². The second-order valence-corrected chi connectivity index (χ2v) is 10.5. The summed E-state index contributed by atoms with van der Waals surface area (Å²) in [5.41, 5.74) is 4.24.